The molecule has 0 unspecified atom stereocenters. The van der Waals surface area contributed by atoms with E-state index < -0.39 is 10.8 Å². The van der Waals surface area contributed by atoms with E-state index in [0.717, 1.165) is 0 Å². The minimum atomic E-state index is -0.714. The normalized spacial score (nSPS) is 54.7. The molecule has 0 amide bonds. The molecule has 0 radical (unpaired) electrons. The molecule has 0 N–H and O–H groups in total. The number of cyclic esters (lactones) is 2. The van der Waals surface area contributed by atoms with Crippen LogP contribution in [0.15, 0.2) is 12.2 Å². The first-order valence-electron chi connectivity index (χ1n) is 4.90. The highest BCUT2D eigenvalue weighted by molar-refractivity contribution is 7.99. The maximum Gasteiger partial charge on any atom is 0.324 e. The highest BCUT2D eigenvalue weighted by atomic mass is 32.2. The fourth-order valence-corrected chi connectivity index (χ4v) is 5.12. The summed E-state index contributed by atoms with van der Waals surface area (Å²) in [5.41, 5.74) is -1.43. The third-order valence-corrected chi connectivity index (χ3v) is 5.41. The summed E-state index contributed by atoms with van der Waals surface area (Å²) in [6.45, 7) is 0. The lowest BCUT2D eigenvalue weighted by Crippen LogP contribution is -2.50. The Balaban J connectivity index is 2.05. The van der Waals surface area contributed by atoms with E-state index in [9.17, 15) is 9.59 Å². The first-order chi connectivity index (χ1) is 7.22. The Labute approximate surface area is 90.0 Å². The third kappa shape index (κ3) is 0.584. The number of rotatable bonds is 0. The van der Waals surface area contributed by atoms with E-state index in [1.54, 1.807) is 11.8 Å². The van der Waals surface area contributed by atoms with E-state index in [1.807, 2.05) is 12.2 Å². The smallest absolute Gasteiger partial charge is 0.324 e. The van der Waals surface area contributed by atoms with Crippen LogP contribution in [0.5, 0.6) is 0 Å². The van der Waals surface area contributed by atoms with E-state index in [-0.39, 0.29) is 24.1 Å². The molecule has 3 fully saturated rings. The van der Waals surface area contributed by atoms with Crippen molar-refractivity contribution in [2.75, 3.05) is 11.5 Å². The van der Waals surface area contributed by atoms with Crippen molar-refractivity contribution in [1.82, 2.24) is 0 Å². The maximum absolute atomic E-state index is 11.9. The van der Waals surface area contributed by atoms with Crippen LogP contribution in [0.4, 0.5) is 0 Å². The van der Waals surface area contributed by atoms with Gasteiger partial charge in [0, 0.05) is 11.5 Å². The summed E-state index contributed by atoms with van der Waals surface area (Å²) in [7, 11) is 0. The summed E-state index contributed by atoms with van der Waals surface area (Å²) >= 11 is 1.65. The van der Waals surface area contributed by atoms with Crippen molar-refractivity contribution in [2.24, 2.45) is 10.8 Å². The van der Waals surface area contributed by atoms with Gasteiger partial charge in [0.25, 0.3) is 0 Å². The molecule has 0 aromatic rings. The molecule has 5 heteroatoms. The Hall–Kier alpha value is -0.810. The van der Waals surface area contributed by atoms with Gasteiger partial charge < -0.3 is 9.47 Å². The van der Waals surface area contributed by atoms with Gasteiger partial charge in [-0.3, -0.25) is 9.59 Å². The van der Waals surface area contributed by atoms with Gasteiger partial charge in [0.1, 0.15) is 10.8 Å². The van der Waals surface area contributed by atoms with Crippen molar-refractivity contribution < 1.29 is 19.1 Å². The molecule has 4 aliphatic rings. The van der Waals surface area contributed by atoms with E-state index in [1.165, 1.54) is 0 Å². The number of fused-ring (bicyclic) bond motifs is 2. The number of hydrogen-bond donors (Lipinski definition) is 0. The van der Waals surface area contributed by atoms with Crippen molar-refractivity contribution >= 4 is 23.7 Å². The zero-order valence-corrected chi connectivity index (χ0v) is 8.58. The molecule has 4 aliphatic heterocycles. The van der Waals surface area contributed by atoms with Crippen LogP contribution in [0.25, 0.3) is 0 Å². The molecular weight excluding hydrogens is 216 g/mol. The van der Waals surface area contributed by atoms with Gasteiger partial charge in [-0.1, -0.05) is 12.2 Å². The van der Waals surface area contributed by atoms with Crippen molar-refractivity contribution in [1.29, 1.82) is 0 Å². The van der Waals surface area contributed by atoms with Crippen LogP contribution >= 0.6 is 11.8 Å². The molecule has 15 heavy (non-hydrogen) atoms. The Kier molecular flexibility index (Phi) is 1.20. The lowest BCUT2D eigenvalue weighted by atomic mass is 9.61. The summed E-state index contributed by atoms with van der Waals surface area (Å²) in [6, 6.07) is 0. The Morgan fingerprint density at radius 1 is 1.13 bits per heavy atom. The summed E-state index contributed by atoms with van der Waals surface area (Å²) < 4.78 is 10.5. The Bertz CT molecular complexity index is 395. The van der Waals surface area contributed by atoms with Gasteiger partial charge in [0.05, 0.1) is 12.2 Å². The molecule has 4 rings (SSSR count). The lowest BCUT2D eigenvalue weighted by molar-refractivity contribution is -0.159. The van der Waals surface area contributed by atoms with Crippen molar-refractivity contribution in [3.8, 4) is 0 Å². The second-order valence-electron chi connectivity index (χ2n) is 4.47. The highest BCUT2D eigenvalue weighted by Gasteiger charge is 2.82. The molecule has 2 bridgehead atoms. The van der Waals surface area contributed by atoms with Gasteiger partial charge in [-0.2, -0.15) is 11.8 Å². The van der Waals surface area contributed by atoms with Crippen LogP contribution in [0.3, 0.4) is 0 Å². The van der Waals surface area contributed by atoms with E-state index in [4.69, 9.17) is 9.47 Å². The molecular formula is C10H8O4S. The number of carbonyl (C=O) groups excluding carboxylic acids is 2. The number of carbonyl (C=O) groups is 2. The van der Waals surface area contributed by atoms with Gasteiger partial charge >= 0.3 is 11.9 Å². The van der Waals surface area contributed by atoms with Gasteiger partial charge in [0.2, 0.25) is 0 Å². The second kappa shape index (κ2) is 2.15. The van der Waals surface area contributed by atoms with E-state index in [0.29, 0.717) is 11.5 Å². The van der Waals surface area contributed by atoms with Crippen LogP contribution in [0, 0.1) is 10.8 Å². The summed E-state index contributed by atoms with van der Waals surface area (Å²) in [5, 5.41) is 0. The minimum Gasteiger partial charge on any atom is -0.392 e. The second-order valence-corrected chi connectivity index (χ2v) is 5.46. The number of thioether (sulfide) groups is 1. The van der Waals surface area contributed by atoms with E-state index in [2.05, 4.69) is 0 Å². The van der Waals surface area contributed by atoms with Crippen LogP contribution in [0.1, 0.15) is 0 Å². The van der Waals surface area contributed by atoms with Crippen LogP contribution in [-0.2, 0) is 19.1 Å². The summed E-state index contributed by atoms with van der Waals surface area (Å²) in [5.74, 6) is 0.523. The molecule has 0 aliphatic carbocycles. The lowest BCUT2D eigenvalue weighted by Gasteiger charge is -2.30. The van der Waals surface area contributed by atoms with Crippen LogP contribution in [-0.4, -0.2) is 35.7 Å². The van der Waals surface area contributed by atoms with Gasteiger partial charge in [0.15, 0.2) is 0 Å². The SMILES string of the molecule is O=C1OC(=O)[C@@]23CSC[C@@]12[C@H]1C=C[C@@H]3O1. The quantitative estimate of drug-likeness (QED) is 0.332. The predicted molar refractivity (Wildman–Crippen MR) is 51.1 cm³/mol. The minimum absolute atomic E-state index is 0.253. The molecule has 4 heterocycles. The highest BCUT2D eigenvalue weighted by Crippen LogP contribution is 2.67. The molecule has 0 spiro atoms. The monoisotopic (exact) mass is 224 g/mol. The Morgan fingerprint density at radius 3 is 2.20 bits per heavy atom. The largest absolute Gasteiger partial charge is 0.392 e. The fraction of sp³-hybridized carbons (Fsp3) is 0.600. The average molecular weight is 224 g/mol. The van der Waals surface area contributed by atoms with Gasteiger partial charge in [-0.15, -0.1) is 0 Å². The molecule has 0 aromatic carbocycles. The molecule has 0 saturated carbocycles. The Morgan fingerprint density at radius 2 is 1.67 bits per heavy atom. The molecule has 0 aromatic heterocycles. The molecule has 4 nitrogen and oxygen atoms in total. The molecule has 3 saturated heterocycles. The first kappa shape index (κ1) is 8.35. The zero-order chi connectivity index (χ0) is 10.3. The third-order valence-electron chi connectivity index (χ3n) is 4.09. The van der Waals surface area contributed by atoms with Crippen molar-refractivity contribution in [3.05, 3.63) is 12.2 Å². The average Bonchev–Trinajstić information content (AvgIpc) is 2.89. The first-order valence-corrected chi connectivity index (χ1v) is 6.05. The number of esters is 2. The van der Waals surface area contributed by atoms with Gasteiger partial charge in [-0.05, 0) is 0 Å². The summed E-state index contributed by atoms with van der Waals surface area (Å²) in [4.78, 5) is 23.8. The summed E-state index contributed by atoms with van der Waals surface area (Å²) in [6.07, 6.45) is 3.29. The standard InChI is InChI=1S/C10H8O4S/c11-7-9-3-15-4-10(9,8(12)14-7)6-2-1-5(9)13-6/h1-2,5-6H,3-4H2/t5-,6+,9-,10+. The number of hydrogen-bond acceptors (Lipinski definition) is 5. The van der Waals surface area contributed by atoms with Crippen molar-refractivity contribution in [3.63, 3.8) is 0 Å². The zero-order valence-electron chi connectivity index (χ0n) is 7.76. The van der Waals surface area contributed by atoms with Crippen molar-refractivity contribution in [2.45, 2.75) is 12.2 Å². The van der Waals surface area contributed by atoms with E-state index >= 15 is 0 Å². The van der Waals surface area contributed by atoms with Crippen LogP contribution < -0.4 is 0 Å². The maximum atomic E-state index is 11.9. The predicted octanol–water partition coefficient (Wildman–Crippen LogP) is 0.127. The fourth-order valence-electron chi connectivity index (χ4n) is 3.29. The van der Waals surface area contributed by atoms with Gasteiger partial charge in [-0.25, -0.2) is 0 Å². The van der Waals surface area contributed by atoms with Crippen LogP contribution in [0.2, 0.25) is 0 Å². The molecule has 4 atom stereocenters. The topological polar surface area (TPSA) is 52.6 Å². The number of ether oxygens (including phenoxy) is 2. The molecule has 78 valence electrons.